The number of hydrogen-bond acceptors (Lipinski definition) is 7. The van der Waals surface area contributed by atoms with Crippen LogP contribution in [0.3, 0.4) is 0 Å². The molecule has 14 heteroatoms. The Kier molecular flexibility index (Phi) is 7.01. The lowest BCUT2D eigenvalue weighted by Gasteiger charge is -2.25. The fourth-order valence-electron chi connectivity index (χ4n) is 2.25. The Bertz CT molecular complexity index is 1070. The summed E-state index contributed by atoms with van der Waals surface area (Å²) in [6, 6.07) is 3.47. The number of aliphatic hydroxyl groups excluding tert-OH is 1. The van der Waals surface area contributed by atoms with E-state index in [1.54, 1.807) is 0 Å². The van der Waals surface area contributed by atoms with Crippen LogP contribution in [0.5, 0.6) is 5.75 Å². The predicted molar refractivity (Wildman–Crippen MR) is 102 cm³/mol. The number of thiophene rings is 1. The van der Waals surface area contributed by atoms with Crippen molar-refractivity contribution in [2.75, 3.05) is 10.9 Å². The maximum atomic E-state index is 13.3. The molecule has 0 radical (unpaired) electrons. The molecule has 30 heavy (non-hydrogen) atoms. The van der Waals surface area contributed by atoms with E-state index in [4.69, 9.17) is 17.3 Å². The molecular weight excluding hydrogens is 473 g/mol. The molecule has 0 aliphatic carbocycles. The average Bonchev–Trinajstić information content (AvgIpc) is 3.08. The Morgan fingerprint density at radius 2 is 1.97 bits per heavy atom. The third kappa shape index (κ3) is 5.03. The molecule has 0 saturated heterocycles. The van der Waals surface area contributed by atoms with Gasteiger partial charge in [-0.05, 0) is 23.6 Å². The van der Waals surface area contributed by atoms with Crippen LogP contribution in [-0.2, 0) is 14.8 Å². The van der Waals surface area contributed by atoms with E-state index >= 15 is 0 Å². The predicted octanol–water partition coefficient (Wildman–Crippen LogP) is 2.75. The van der Waals surface area contributed by atoms with Gasteiger partial charge in [-0.3, -0.25) is 9.59 Å². The second kappa shape index (κ2) is 8.79. The van der Waals surface area contributed by atoms with Gasteiger partial charge >= 0.3 is 6.36 Å². The van der Waals surface area contributed by atoms with Crippen molar-refractivity contribution >= 4 is 49.8 Å². The van der Waals surface area contributed by atoms with Gasteiger partial charge in [-0.2, -0.15) is 4.31 Å². The van der Waals surface area contributed by atoms with E-state index < -0.39 is 56.4 Å². The number of sulfonamides is 1. The van der Waals surface area contributed by atoms with Gasteiger partial charge in [0.1, 0.15) is 9.90 Å². The average molecular weight is 487 g/mol. The fourth-order valence-corrected chi connectivity index (χ4v) is 5.17. The maximum absolute atomic E-state index is 13.3. The lowest BCUT2D eigenvalue weighted by Crippen LogP contribution is -2.42. The van der Waals surface area contributed by atoms with E-state index in [1.807, 2.05) is 0 Å². The summed E-state index contributed by atoms with van der Waals surface area (Å²) in [5.74, 6) is -4.72. The first kappa shape index (κ1) is 23.9. The summed E-state index contributed by atoms with van der Waals surface area (Å²) in [5, 5.41) is 9.85. The first-order chi connectivity index (χ1) is 13.8. The summed E-state index contributed by atoms with van der Waals surface area (Å²) >= 11 is 6.30. The van der Waals surface area contributed by atoms with Crippen LogP contribution in [0.25, 0.3) is 0 Å². The molecule has 0 bridgehead atoms. The molecule has 2 aromatic rings. The molecule has 1 aromatic carbocycles. The van der Waals surface area contributed by atoms with Gasteiger partial charge in [0.25, 0.3) is 15.9 Å². The molecular formula is C16H14ClF3N2O6S2. The monoisotopic (exact) mass is 486 g/mol. The van der Waals surface area contributed by atoms with E-state index in [-0.39, 0.29) is 14.9 Å². The number of nitrogens with zero attached hydrogens (tertiary/aromatic N) is 1. The van der Waals surface area contributed by atoms with Gasteiger partial charge < -0.3 is 15.6 Å². The van der Waals surface area contributed by atoms with Crippen LogP contribution in [0.2, 0.25) is 5.02 Å². The zero-order valence-corrected chi connectivity index (χ0v) is 17.4. The Hall–Kier alpha value is -2.35. The number of alkyl halides is 3. The number of aliphatic hydroxyl groups is 1. The number of ether oxygens (including phenoxy) is 1. The second-order valence-electron chi connectivity index (χ2n) is 5.83. The maximum Gasteiger partial charge on any atom is 0.573 e. The van der Waals surface area contributed by atoms with Crippen LogP contribution in [0, 0.1) is 5.92 Å². The minimum atomic E-state index is -5.26. The first-order valence-corrected chi connectivity index (χ1v) is 10.6. The molecule has 2 amide bonds. The molecule has 1 atom stereocenters. The van der Waals surface area contributed by atoms with Crippen molar-refractivity contribution < 1.29 is 41.0 Å². The molecule has 1 unspecified atom stereocenters. The number of nitrogens with two attached hydrogens (primary N) is 1. The summed E-state index contributed by atoms with van der Waals surface area (Å²) in [7, 11) is -5.06. The smallest absolute Gasteiger partial charge is 0.404 e. The SMILES string of the molecule is CC(CO)C(=O)N(c1sccc1C(N)=O)S(=O)(=O)c1ccc(Cl)cc1OC(F)(F)F. The van der Waals surface area contributed by atoms with Crippen LogP contribution in [0.1, 0.15) is 17.3 Å². The number of hydrogen-bond donors (Lipinski definition) is 2. The number of amides is 2. The Morgan fingerprint density at radius 3 is 2.50 bits per heavy atom. The van der Waals surface area contributed by atoms with E-state index in [0.717, 1.165) is 18.2 Å². The van der Waals surface area contributed by atoms with Crippen LogP contribution in [-0.4, -0.2) is 38.3 Å². The number of carbonyl (C=O) groups is 2. The van der Waals surface area contributed by atoms with Gasteiger partial charge in [0, 0.05) is 11.1 Å². The lowest BCUT2D eigenvalue weighted by molar-refractivity contribution is -0.275. The minimum Gasteiger partial charge on any atom is -0.404 e. The normalized spacial score (nSPS) is 13.0. The van der Waals surface area contributed by atoms with Crippen LogP contribution < -0.4 is 14.8 Å². The molecule has 2 rings (SSSR count). The zero-order valence-electron chi connectivity index (χ0n) is 15.0. The highest BCUT2D eigenvalue weighted by Crippen LogP contribution is 2.38. The molecule has 0 fully saturated rings. The fraction of sp³-hybridized carbons (Fsp3) is 0.250. The standard InChI is InChI=1S/C16H14ClF3N2O6S2/c1-8(7-23)14(25)22(15-10(13(21)24)4-5-29-15)30(26,27)12-3-2-9(17)6-11(12)28-16(18,19)20/h2-6,8,23H,7H2,1H3,(H2,21,24). The Balaban J connectivity index is 2.77. The molecule has 0 spiro atoms. The number of halogens is 4. The minimum absolute atomic E-state index is 0.130. The molecule has 0 aliphatic heterocycles. The topological polar surface area (TPSA) is 127 Å². The molecule has 1 heterocycles. The molecule has 3 N–H and O–H groups in total. The first-order valence-electron chi connectivity index (χ1n) is 7.92. The molecule has 0 saturated carbocycles. The number of primary amides is 1. The summed E-state index contributed by atoms with van der Waals surface area (Å²) in [5.41, 5.74) is 4.86. The van der Waals surface area contributed by atoms with Crippen LogP contribution in [0.15, 0.2) is 34.5 Å². The second-order valence-corrected chi connectivity index (χ2v) is 8.92. The largest absolute Gasteiger partial charge is 0.573 e. The highest BCUT2D eigenvalue weighted by molar-refractivity contribution is 7.94. The summed E-state index contributed by atoms with van der Waals surface area (Å²) in [6.07, 6.45) is -5.26. The Labute approximate surface area is 177 Å². The summed E-state index contributed by atoms with van der Waals surface area (Å²) < 4.78 is 68.8. The number of benzene rings is 1. The molecule has 8 nitrogen and oxygen atoms in total. The van der Waals surface area contributed by atoms with Crippen molar-refractivity contribution in [2.45, 2.75) is 18.2 Å². The zero-order chi connectivity index (χ0) is 22.9. The highest BCUT2D eigenvalue weighted by Gasteiger charge is 2.40. The molecule has 0 aliphatic rings. The van der Waals surface area contributed by atoms with Crippen molar-refractivity contribution in [3.63, 3.8) is 0 Å². The number of anilines is 1. The van der Waals surface area contributed by atoms with Crippen LogP contribution >= 0.6 is 22.9 Å². The van der Waals surface area contributed by atoms with Gasteiger partial charge in [0.05, 0.1) is 18.1 Å². The van der Waals surface area contributed by atoms with Crippen LogP contribution in [0.4, 0.5) is 18.2 Å². The summed E-state index contributed by atoms with van der Waals surface area (Å²) in [4.78, 5) is 23.4. The van der Waals surface area contributed by atoms with Crippen molar-refractivity contribution in [1.82, 2.24) is 0 Å². The van der Waals surface area contributed by atoms with Gasteiger partial charge in [-0.25, -0.2) is 8.42 Å². The van der Waals surface area contributed by atoms with Gasteiger partial charge in [-0.15, -0.1) is 24.5 Å². The van der Waals surface area contributed by atoms with Crippen molar-refractivity contribution in [2.24, 2.45) is 11.7 Å². The Morgan fingerprint density at radius 1 is 1.33 bits per heavy atom. The number of carbonyl (C=O) groups excluding carboxylic acids is 2. The van der Waals surface area contributed by atoms with Gasteiger partial charge in [-0.1, -0.05) is 18.5 Å². The lowest BCUT2D eigenvalue weighted by atomic mass is 10.2. The third-order valence-electron chi connectivity index (χ3n) is 3.64. The van der Waals surface area contributed by atoms with Gasteiger partial charge in [0.15, 0.2) is 5.75 Å². The molecule has 164 valence electrons. The van der Waals surface area contributed by atoms with E-state index in [1.165, 1.54) is 12.3 Å². The third-order valence-corrected chi connectivity index (χ3v) is 6.62. The summed E-state index contributed by atoms with van der Waals surface area (Å²) in [6.45, 7) is 0.423. The number of rotatable bonds is 7. The van der Waals surface area contributed by atoms with Crippen molar-refractivity contribution in [3.8, 4) is 5.75 Å². The van der Waals surface area contributed by atoms with Crippen molar-refractivity contribution in [1.29, 1.82) is 0 Å². The highest BCUT2D eigenvalue weighted by atomic mass is 35.5. The molecule has 1 aromatic heterocycles. The van der Waals surface area contributed by atoms with E-state index in [2.05, 4.69) is 4.74 Å². The van der Waals surface area contributed by atoms with E-state index in [0.29, 0.717) is 17.4 Å². The quantitative estimate of drug-likeness (QED) is 0.619. The van der Waals surface area contributed by atoms with Crippen molar-refractivity contribution in [3.05, 3.63) is 40.2 Å². The van der Waals surface area contributed by atoms with E-state index in [9.17, 15) is 36.3 Å². The van der Waals surface area contributed by atoms with Gasteiger partial charge in [0.2, 0.25) is 5.91 Å².